The van der Waals surface area contributed by atoms with E-state index in [1.54, 1.807) is 0 Å². The highest BCUT2D eigenvalue weighted by atomic mass is 15.3. The van der Waals surface area contributed by atoms with Crippen LogP contribution in [0.4, 0.5) is 0 Å². The highest BCUT2D eigenvalue weighted by Crippen LogP contribution is 1.84. The topological polar surface area (TPSA) is 63.4 Å². The third-order valence-corrected chi connectivity index (χ3v) is 2.08. The van der Waals surface area contributed by atoms with E-state index in [9.17, 15) is 0 Å². The normalized spacial score (nSPS) is 18.7. The van der Waals surface area contributed by atoms with Crippen LogP contribution in [0.25, 0.3) is 0 Å². The van der Waals surface area contributed by atoms with Crippen LogP contribution in [0.2, 0.25) is 0 Å². The molecule has 1 fully saturated rings. The first-order valence-corrected chi connectivity index (χ1v) is 4.46. The van der Waals surface area contributed by atoms with Crippen molar-refractivity contribution in [2.24, 2.45) is 0 Å². The molecule has 1 aliphatic heterocycles. The van der Waals surface area contributed by atoms with E-state index in [1.165, 1.54) is 0 Å². The van der Waals surface area contributed by atoms with Gasteiger partial charge in [-0.15, -0.1) is 0 Å². The average molecular weight is 182 g/mol. The molecule has 0 aliphatic carbocycles. The van der Waals surface area contributed by atoms with Crippen LogP contribution in [-0.4, -0.2) is 54.4 Å². The Hall–Kier alpha value is -0.0452. The van der Waals surface area contributed by atoms with E-state index in [0.29, 0.717) is 0 Å². The Kier molecular flexibility index (Phi) is 4.24. The van der Waals surface area contributed by atoms with E-state index in [-0.39, 0.29) is 21.4 Å². The molecule has 1 aliphatic rings. The summed E-state index contributed by atoms with van der Waals surface area (Å²) >= 11 is 0. The second kappa shape index (κ2) is 4.99. The zero-order valence-electron chi connectivity index (χ0n) is 8.68. The number of hydrogen-bond donors (Lipinski definition) is 5. The Balaban J connectivity index is 2.49. The van der Waals surface area contributed by atoms with Crippen LogP contribution >= 0.6 is 0 Å². The van der Waals surface area contributed by atoms with Gasteiger partial charge < -0.3 is 30.7 Å². The fourth-order valence-electron chi connectivity index (χ4n) is 1.26. The molecular formula is C4H17B3N6. The van der Waals surface area contributed by atoms with E-state index in [2.05, 4.69) is 30.7 Å². The zero-order chi connectivity index (χ0) is 9.84. The Morgan fingerprint density at radius 2 is 1.38 bits per heavy atom. The van der Waals surface area contributed by atoms with Crippen molar-refractivity contribution in [1.29, 1.82) is 0 Å². The minimum absolute atomic E-state index is 0.117. The Bertz CT molecular complexity index is 145. The summed E-state index contributed by atoms with van der Waals surface area (Å²) in [5.41, 5.74) is 0. The minimum atomic E-state index is 0.117. The molecule has 0 aromatic carbocycles. The number of nitrogens with zero attached hydrogens (tertiary/aromatic N) is 1. The fourth-order valence-corrected chi connectivity index (χ4v) is 1.26. The molecule has 13 heavy (non-hydrogen) atoms. The first-order chi connectivity index (χ1) is 6.17. The summed E-state index contributed by atoms with van der Waals surface area (Å²) in [5.74, 6) is 0. The molecule has 0 unspecified atom stereocenters. The molecule has 0 saturated carbocycles. The molecule has 5 N–H and O–H groups in total. The molecule has 0 aromatic rings. The maximum atomic E-state index is 3.32. The zero-order valence-corrected chi connectivity index (χ0v) is 8.68. The fraction of sp³-hybridized carbons (Fsp3) is 1.00. The maximum Gasteiger partial charge on any atom is 0.378 e. The van der Waals surface area contributed by atoms with E-state index in [0.717, 1.165) is 0 Å². The predicted octanol–water partition coefficient (Wildman–Crippen LogP) is -3.28. The molecule has 1 heterocycles. The summed E-state index contributed by atoms with van der Waals surface area (Å²) in [4.78, 5) is 2.08. The molecule has 9 heteroatoms. The van der Waals surface area contributed by atoms with Gasteiger partial charge in [-0.25, -0.2) is 0 Å². The molecule has 0 amide bonds. The molecule has 0 radical (unpaired) electrons. The quantitative estimate of drug-likeness (QED) is 0.295. The van der Waals surface area contributed by atoms with Gasteiger partial charge in [-0.3, -0.25) is 0 Å². The lowest BCUT2D eigenvalue weighted by atomic mass is 9.64. The second-order valence-electron chi connectivity index (χ2n) is 3.31. The van der Waals surface area contributed by atoms with Gasteiger partial charge in [0.1, 0.15) is 0 Å². The Labute approximate surface area is 81.0 Å². The monoisotopic (exact) mass is 182 g/mol. The standard InChI is InChI=1S/C4H17B3N6/c1-8-5-10-6(9-2)12-7(11-5)13(3)4/h8-12H,1-4H3. The van der Waals surface area contributed by atoms with Crippen molar-refractivity contribution < 1.29 is 0 Å². The van der Waals surface area contributed by atoms with Gasteiger partial charge in [0.05, 0.1) is 0 Å². The van der Waals surface area contributed by atoms with Gasteiger partial charge in [0.25, 0.3) is 0 Å². The van der Waals surface area contributed by atoms with Crippen LogP contribution in [0.5, 0.6) is 0 Å². The molecule has 1 saturated heterocycles. The number of rotatable bonds is 3. The van der Waals surface area contributed by atoms with E-state index >= 15 is 0 Å². The molecule has 1 rings (SSSR count). The van der Waals surface area contributed by atoms with Crippen molar-refractivity contribution in [3.63, 3.8) is 0 Å². The predicted molar refractivity (Wildman–Crippen MR) is 58.5 cm³/mol. The van der Waals surface area contributed by atoms with Crippen LogP contribution in [-0.2, 0) is 0 Å². The largest absolute Gasteiger partial charge is 0.378 e. The van der Waals surface area contributed by atoms with Crippen LogP contribution in [0.15, 0.2) is 0 Å². The Morgan fingerprint density at radius 3 is 1.69 bits per heavy atom. The molecule has 0 bridgehead atoms. The van der Waals surface area contributed by atoms with Crippen LogP contribution < -0.4 is 25.9 Å². The van der Waals surface area contributed by atoms with Gasteiger partial charge in [-0.1, -0.05) is 0 Å². The lowest BCUT2D eigenvalue weighted by Crippen LogP contribution is -2.83. The third kappa shape index (κ3) is 2.98. The van der Waals surface area contributed by atoms with Gasteiger partial charge in [0, 0.05) is 0 Å². The lowest BCUT2D eigenvalue weighted by Gasteiger charge is -2.34. The summed E-state index contributed by atoms with van der Waals surface area (Å²) < 4.78 is 0. The molecule has 6 nitrogen and oxygen atoms in total. The average Bonchev–Trinajstić information content (AvgIpc) is 2.16. The Morgan fingerprint density at radius 1 is 0.923 bits per heavy atom. The SMILES string of the molecule is CNB1NB(NC)NB(N(C)C)N1. The highest BCUT2D eigenvalue weighted by Gasteiger charge is 2.35. The smallest absolute Gasteiger partial charge is 0.342 e. The molecule has 72 valence electrons. The molecule has 0 spiro atoms. The minimum Gasteiger partial charge on any atom is -0.342 e. The number of hydrogen-bond acceptors (Lipinski definition) is 6. The van der Waals surface area contributed by atoms with Crippen molar-refractivity contribution in [2.45, 2.75) is 0 Å². The first kappa shape index (κ1) is 11.0. The van der Waals surface area contributed by atoms with Crippen molar-refractivity contribution >= 4 is 21.4 Å². The third-order valence-electron chi connectivity index (χ3n) is 2.08. The summed E-state index contributed by atoms with van der Waals surface area (Å²) in [6.07, 6.45) is 0. The van der Waals surface area contributed by atoms with Gasteiger partial charge in [-0.2, -0.15) is 0 Å². The summed E-state index contributed by atoms with van der Waals surface area (Å²) in [5, 5.41) is 16.2. The van der Waals surface area contributed by atoms with Gasteiger partial charge in [-0.05, 0) is 28.2 Å². The second-order valence-corrected chi connectivity index (χ2v) is 3.31. The van der Waals surface area contributed by atoms with Crippen LogP contribution in [0.3, 0.4) is 0 Å². The lowest BCUT2D eigenvalue weighted by molar-refractivity contribution is 0.617. The van der Waals surface area contributed by atoms with Crippen molar-refractivity contribution in [1.82, 2.24) is 30.7 Å². The maximum absolute atomic E-state index is 3.32. The van der Waals surface area contributed by atoms with Crippen molar-refractivity contribution in [3.05, 3.63) is 0 Å². The van der Waals surface area contributed by atoms with Crippen LogP contribution in [0, 0.1) is 0 Å². The molecule has 0 aromatic heterocycles. The summed E-state index contributed by atoms with van der Waals surface area (Å²) in [7, 11) is 8.27. The van der Waals surface area contributed by atoms with Crippen molar-refractivity contribution in [2.75, 3.05) is 28.2 Å². The number of nitrogens with one attached hydrogen (secondary N) is 5. The first-order valence-electron chi connectivity index (χ1n) is 4.46. The molecule has 0 atom stereocenters. The molecular weight excluding hydrogens is 165 g/mol. The van der Waals surface area contributed by atoms with Gasteiger partial charge in [0.2, 0.25) is 0 Å². The van der Waals surface area contributed by atoms with Crippen LogP contribution in [0.1, 0.15) is 0 Å². The summed E-state index contributed by atoms with van der Waals surface area (Å²) in [6.45, 7) is 0. The van der Waals surface area contributed by atoms with E-state index in [4.69, 9.17) is 0 Å². The van der Waals surface area contributed by atoms with E-state index in [1.807, 2.05) is 28.2 Å². The van der Waals surface area contributed by atoms with Crippen molar-refractivity contribution in [3.8, 4) is 0 Å². The van der Waals surface area contributed by atoms with Gasteiger partial charge >= 0.3 is 21.4 Å². The van der Waals surface area contributed by atoms with E-state index < -0.39 is 0 Å². The summed E-state index contributed by atoms with van der Waals surface area (Å²) in [6, 6.07) is 0. The highest BCUT2D eigenvalue weighted by molar-refractivity contribution is 6.84. The van der Waals surface area contributed by atoms with Gasteiger partial charge in [0.15, 0.2) is 0 Å².